The number of aryl methyl sites for hydroxylation is 1. The Hall–Kier alpha value is -2.13. The number of aromatic nitrogens is 2. The molecule has 1 aromatic carbocycles. The van der Waals surface area contributed by atoms with Crippen molar-refractivity contribution >= 4 is 22.4 Å². The molecule has 3 aromatic rings. The second-order valence-corrected chi connectivity index (χ2v) is 5.26. The molecule has 0 N–H and O–H groups in total. The summed E-state index contributed by atoms with van der Waals surface area (Å²) in [6.07, 6.45) is 2.61. The van der Waals surface area contributed by atoms with Crippen molar-refractivity contribution in [1.82, 2.24) is 9.97 Å². The molecule has 0 unspecified atom stereocenters. The molecule has 3 nitrogen and oxygen atoms in total. The lowest BCUT2D eigenvalue weighted by atomic mass is 9.99. The number of hydrogen-bond acceptors (Lipinski definition) is 3. The summed E-state index contributed by atoms with van der Waals surface area (Å²) in [5, 5.41) is 2.69. The van der Waals surface area contributed by atoms with Crippen molar-refractivity contribution in [3.8, 4) is 5.88 Å². The van der Waals surface area contributed by atoms with E-state index >= 15 is 0 Å². The Morgan fingerprint density at radius 2 is 1.86 bits per heavy atom. The Balaban J connectivity index is 2.07. The van der Waals surface area contributed by atoms with E-state index in [9.17, 15) is 0 Å². The van der Waals surface area contributed by atoms with Gasteiger partial charge in [-0.25, -0.2) is 9.97 Å². The number of rotatable bonds is 3. The minimum atomic E-state index is 0.555. The number of hydrogen-bond donors (Lipinski definition) is 0. The molecular formula is C17H15ClN2O. The summed E-state index contributed by atoms with van der Waals surface area (Å²) >= 11 is 6.24. The summed E-state index contributed by atoms with van der Waals surface area (Å²) < 4.78 is 5.09. The van der Waals surface area contributed by atoms with Crippen molar-refractivity contribution in [2.45, 2.75) is 13.3 Å². The summed E-state index contributed by atoms with van der Waals surface area (Å²) in [6.45, 7) is 1.99. The fraction of sp³-hybridized carbons (Fsp3) is 0.176. The molecule has 21 heavy (non-hydrogen) atoms. The molecule has 0 amide bonds. The Kier molecular flexibility index (Phi) is 3.76. The van der Waals surface area contributed by atoms with Gasteiger partial charge in [-0.1, -0.05) is 41.9 Å². The highest BCUT2D eigenvalue weighted by Crippen LogP contribution is 2.28. The lowest BCUT2D eigenvalue weighted by Gasteiger charge is -2.11. The molecule has 0 radical (unpaired) electrons. The summed E-state index contributed by atoms with van der Waals surface area (Å²) in [7, 11) is 1.61. The van der Waals surface area contributed by atoms with Gasteiger partial charge in [-0.05, 0) is 23.4 Å². The molecule has 0 saturated carbocycles. The second kappa shape index (κ2) is 5.70. The zero-order chi connectivity index (χ0) is 14.8. The van der Waals surface area contributed by atoms with Crippen LogP contribution in [-0.2, 0) is 6.42 Å². The van der Waals surface area contributed by atoms with Crippen LogP contribution in [0.4, 0.5) is 0 Å². The first kappa shape index (κ1) is 13.8. The van der Waals surface area contributed by atoms with Crippen LogP contribution < -0.4 is 4.74 Å². The van der Waals surface area contributed by atoms with E-state index in [0.717, 1.165) is 28.5 Å². The van der Waals surface area contributed by atoms with Gasteiger partial charge in [0, 0.05) is 29.8 Å². The molecule has 4 heteroatoms. The van der Waals surface area contributed by atoms with Crippen molar-refractivity contribution in [3.05, 3.63) is 64.6 Å². The molecule has 0 aliphatic rings. The topological polar surface area (TPSA) is 35.0 Å². The molecule has 0 atom stereocenters. The van der Waals surface area contributed by atoms with Crippen LogP contribution in [0.25, 0.3) is 10.8 Å². The summed E-state index contributed by atoms with van der Waals surface area (Å²) in [5.74, 6) is 0.620. The molecular weight excluding hydrogens is 284 g/mol. The van der Waals surface area contributed by atoms with E-state index < -0.39 is 0 Å². The number of ether oxygens (including phenoxy) is 1. The lowest BCUT2D eigenvalue weighted by molar-refractivity contribution is 0.397. The third kappa shape index (κ3) is 2.69. The number of benzene rings is 1. The van der Waals surface area contributed by atoms with Crippen LogP contribution in [-0.4, -0.2) is 17.1 Å². The van der Waals surface area contributed by atoms with Gasteiger partial charge in [0.2, 0.25) is 5.88 Å². The van der Waals surface area contributed by atoms with Crippen molar-refractivity contribution < 1.29 is 4.74 Å². The smallest absolute Gasteiger partial charge is 0.212 e. The van der Waals surface area contributed by atoms with Gasteiger partial charge in [-0.3, -0.25) is 0 Å². The van der Waals surface area contributed by atoms with Crippen molar-refractivity contribution in [2.75, 3.05) is 7.11 Å². The molecule has 3 rings (SSSR count). The van der Waals surface area contributed by atoms with Crippen LogP contribution in [0.2, 0.25) is 5.15 Å². The van der Waals surface area contributed by atoms with Gasteiger partial charge in [-0.15, -0.1) is 0 Å². The van der Waals surface area contributed by atoms with Gasteiger partial charge in [0.15, 0.2) is 0 Å². The van der Waals surface area contributed by atoms with Gasteiger partial charge in [0.1, 0.15) is 5.15 Å². The quantitative estimate of drug-likeness (QED) is 0.680. The summed E-state index contributed by atoms with van der Waals surface area (Å²) in [4.78, 5) is 8.70. The van der Waals surface area contributed by atoms with Crippen molar-refractivity contribution in [3.63, 3.8) is 0 Å². The Labute approximate surface area is 128 Å². The Morgan fingerprint density at radius 1 is 1.10 bits per heavy atom. The molecule has 2 aromatic heterocycles. The van der Waals surface area contributed by atoms with Crippen LogP contribution in [0, 0.1) is 6.92 Å². The van der Waals surface area contributed by atoms with E-state index in [2.05, 4.69) is 16.0 Å². The third-order valence-electron chi connectivity index (χ3n) is 3.56. The highest BCUT2D eigenvalue weighted by Gasteiger charge is 2.10. The van der Waals surface area contributed by atoms with Crippen LogP contribution in [0.3, 0.4) is 0 Å². The van der Waals surface area contributed by atoms with Crippen LogP contribution in [0.15, 0.2) is 42.6 Å². The monoisotopic (exact) mass is 298 g/mol. The maximum absolute atomic E-state index is 6.24. The molecule has 0 bridgehead atoms. The Bertz CT molecular complexity index is 785. The lowest BCUT2D eigenvalue weighted by Crippen LogP contribution is -1.98. The maximum atomic E-state index is 6.24. The average molecular weight is 299 g/mol. The van der Waals surface area contributed by atoms with E-state index in [1.165, 1.54) is 5.56 Å². The molecule has 0 spiro atoms. The van der Waals surface area contributed by atoms with Gasteiger partial charge < -0.3 is 4.74 Å². The molecule has 106 valence electrons. The fourth-order valence-electron chi connectivity index (χ4n) is 2.46. The normalized spacial score (nSPS) is 10.8. The molecule has 0 aliphatic carbocycles. The van der Waals surface area contributed by atoms with E-state index in [0.29, 0.717) is 11.0 Å². The summed E-state index contributed by atoms with van der Waals surface area (Å²) in [5.41, 5.74) is 3.25. The molecule has 0 saturated heterocycles. The molecule has 0 fully saturated rings. The van der Waals surface area contributed by atoms with Gasteiger partial charge in [0.05, 0.1) is 7.11 Å². The SMILES string of the molecule is COc1ccc(Cc2c(C)nc(Cl)c3ccccc23)cn1. The van der Waals surface area contributed by atoms with E-state index in [1.807, 2.05) is 43.5 Å². The highest BCUT2D eigenvalue weighted by atomic mass is 35.5. The second-order valence-electron chi connectivity index (χ2n) is 4.90. The third-order valence-corrected chi connectivity index (χ3v) is 3.85. The maximum Gasteiger partial charge on any atom is 0.212 e. The molecule has 0 aliphatic heterocycles. The Morgan fingerprint density at radius 3 is 2.52 bits per heavy atom. The first-order valence-electron chi connectivity index (χ1n) is 6.71. The number of fused-ring (bicyclic) bond motifs is 1. The number of pyridine rings is 2. The van der Waals surface area contributed by atoms with Gasteiger partial charge in [-0.2, -0.15) is 0 Å². The van der Waals surface area contributed by atoms with Crippen LogP contribution in [0.1, 0.15) is 16.8 Å². The number of nitrogens with zero attached hydrogens (tertiary/aromatic N) is 2. The van der Waals surface area contributed by atoms with Gasteiger partial charge >= 0.3 is 0 Å². The van der Waals surface area contributed by atoms with E-state index in [4.69, 9.17) is 16.3 Å². The fourth-order valence-corrected chi connectivity index (χ4v) is 2.75. The predicted octanol–water partition coefficient (Wildman–Crippen LogP) is 4.19. The standard InChI is InChI=1S/C17H15ClN2O/c1-11-15(9-12-7-8-16(21-2)19-10-12)13-5-3-4-6-14(13)17(18)20-11/h3-8,10H,9H2,1-2H3. The zero-order valence-electron chi connectivity index (χ0n) is 11.9. The largest absolute Gasteiger partial charge is 0.481 e. The van der Waals surface area contributed by atoms with Gasteiger partial charge in [0.25, 0.3) is 0 Å². The van der Waals surface area contributed by atoms with Crippen LogP contribution >= 0.6 is 11.6 Å². The summed E-state index contributed by atoms with van der Waals surface area (Å²) in [6, 6.07) is 12.0. The number of halogens is 1. The average Bonchev–Trinajstić information content (AvgIpc) is 2.52. The minimum absolute atomic E-state index is 0.555. The number of methoxy groups -OCH3 is 1. The minimum Gasteiger partial charge on any atom is -0.481 e. The molecule has 2 heterocycles. The zero-order valence-corrected chi connectivity index (χ0v) is 12.7. The first-order chi connectivity index (χ1) is 10.2. The first-order valence-corrected chi connectivity index (χ1v) is 7.09. The van der Waals surface area contributed by atoms with E-state index in [1.54, 1.807) is 7.11 Å². The van der Waals surface area contributed by atoms with Crippen molar-refractivity contribution in [2.24, 2.45) is 0 Å². The highest BCUT2D eigenvalue weighted by molar-refractivity contribution is 6.34. The predicted molar refractivity (Wildman–Crippen MR) is 85.1 cm³/mol. The van der Waals surface area contributed by atoms with Crippen molar-refractivity contribution in [1.29, 1.82) is 0 Å². The van der Waals surface area contributed by atoms with E-state index in [-0.39, 0.29) is 0 Å². The van der Waals surface area contributed by atoms with Crippen LogP contribution in [0.5, 0.6) is 5.88 Å².